The third-order valence-corrected chi connectivity index (χ3v) is 2.35. The molecule has 0 heterocycles. The molecule has 0 aromatic rings. The summed E-state index contributed by atoms with van der Waals surface area (Å²) in [6.45, 7) is 0.301. The number of rotatable bonds is 5. The van der Waals surface area contributed by atoms with Gasteiger partial charge in [-0.05, 0) is 6.26 Å². The predicted molar refractivity (Wildman–Crippen MR) is 42.7 cm³/mol. The zero-order valence-electron chi connectivity index (χ0n) is 5.98. The Balaban J connectivity index is 3.28. The fourth-order valence-electron chi connectivity index (χ4n) is 0.292. The highest BCUT2D eigenvalue weighted by Gasteiger charge is 2.36. The van der Waals surface area contributed by atoms with E-state index in [0.29, 0.717) is 6.61 Å². The molecule has 0 spiro atoms. The van der Waals surface area contributed by atoms with Gasteiger partial charge in [-0.3, -0.25) is 0 Å². The second kappa shape index (κ2) is 5.29. The maximum absolute atomic E-state index is 8.76. The van der Waals surface area contributed by atoms with Crippen molar-refractivity contribution >= 4 is 19.9 Å². The molecule has 2 N–H and O–H groups in total. The molecule has 0 radical (unpaired) electrons. The smallest absolute Gasteiger partial charge is 0.168 e. The van der Waals surface area contributed by atoms with Gasteiger partial charge in [0.2, 0.25) is 0 Å². The minimum atomic E-state index is -3.47. The topological polar surface area (TPSA) is 58.9 Å². The van der Waals surface area contributed by atoms with Gasteiger partial charge in [-0.25, -0.2) is 0 Å². The summed E-state index contributed by atoms with van der Waals surface area (Å²) >= 11 is 1.57. The molecule has 0 aromatic heterocycles. The maximum Gasteiger partial charge on any atom is 0.569 e. The molecule has 62 valence electrons. The number of hydrogen-bond donors (Lipinski definition) is 2. The van der Waals surface area contributed by atoms with Crippen LogP contribution in [0.5, 0.6) is 0 Å². The molecule has 0 saturated heterocycles. The van der Waals surface area contributed by atoms with E-state index in [1.807, 2.05) is 6.26 Å². The Morgan fingerprint density at radius 3 is 2.50 bits per heavy atom. The summed E-state index contributed by atoms with van der Waals surface area (Å²) in [4.78, 5) is 17.5. The summed E-state index contributed by atoms with van der Waals surface area (Å²) < 4.78 is 8.87. The van der Waals surface area contributed by atoms with Crippen molar-refractivity contribution in [2.24, 2.45) is 0 Å². The SMILES string of the molecule is CO[P+](O)(O)OCCSC. The lowest BCUT2D eigenvalue weighted by molar-refractivity contribution is 0.145. The van der Waals surface area contributed by atoms with Crippen LogP contribution >= 0.6 is 19.9 Å². The molecule has 0 aromatic carbocycles. The average molecular weight is 187 g/mol. The normalized spacial score (nSPS) is 12.0. The summed E-state index contributed by atoms with van der Waals surface area (Å²) in [6.07, 6.45) is 1.91. The minimum absolute atomic E-state index is 0.301. The molecule has 10 heavy (non-hydrogen) atoms. The number of hydrogen-bond acceptors (Lipinski definition) is 5. The quantitative estimate of drug-likeness (QED) is 0.489. The van der Waals surface area contributed by atoms with Crippen LogP contribution in [0.25, 0.3) is 0 Å². The third kappa shape index (κ3) is 5.41. The highest BCUT2D eigenvalue weighted by Crippen LogP contribution is 2.51. The molecule has 4 nitrogen and oxygen atoms in total. The van der Waals surface area contributed by atoms with Crippen LogP contribution in [0.4, 0.5) is 0 Å². The van der Waals surface area contributed by atoms with Crippen LogP contribution in [0.15, 0.2) is 0 Å². The van der Waals surface area contributed by atoms with Gasteiger partial charge in [0.25, 0.3) is 0 Å². The van der Waals surface area contributed by atoms with Crippen molar-refractivity contribution in [2.45, 2.75) is 0 Å². The third-order valence-electron chi connectivity index (χ3n) is 0.785. The Morgan fingerprint density at radius 1 is 1.50 bits per heavy atom. The molecule has 0 aliphatic heterocycles. The van der Waals surface area contributed by atoms with E-state index in [2.05, 4.69) is 9.05 Å². The zero-order valence-corrected chi connectivity index (χ0v) is 7.69. The van der Waals surface area contributed by atoms with E-state index < -0.39 is 8.17 Å². The van der Waals surface area contributed by atoms with Crippen LogP contribution in [0.1, 0.15) is 0 Å². The molecule has 0 aliphatic rings. The molecule has 6 heteroatoms. The molecule has 0 unspecified atom stereocenters. The zero-order chi connectivity index (χ0) is 8.04. The van der Waals surface area contributed by atoms with Crippen LogP contribution in [0.2, 0.25) is 0 Å². The van der Waals surface area contributed by atoms with Crippen molar-refractivity contribution in [1.29, 1.82) is 0 Å². The van der Waals surface area contributed by atoms with E-state index >= 15 is 0 Å². The lowest BCUT2D eigenvalue weighted by Gasteiger charge is -2.04. The molecular weight excluding hydrogens is 175 g/mol. The Kier molecular flexibility index (Phi) is 5.62. The second-order valence-corrected chi connectivity index (χ2v) is 4.09. The van der Waals surface area contributed by atoms with Crippen LogP contribution < -0.4 is 0 Å². The summed E-state index contributed by atoms with van der Waals surface area (Å²) in [7, 11) is -2.27. The van der Waals surface area contributed by atoms with E-state index in [1.54, 1.807) is 11.8 Å². The van der Waals surface area contributed by atoms with E-state index in [9.17, 15) is 0 Å². The highest BCUT2D eigenvalue weighted by molar-refractivity contribution is 7.98. The lowest BCUT2D eigenvalue weighted by Crippen LogP contribution is -2.01. The Morgan fingerprint density at radius 2 is 2.10 bits per heavy atom. The van der Waals surface area contributed by atoms with E-state index in [4.69, 9.17) is 9.79 Å². The summed E-state index contributed by atoms with van der Waals surface area (Å²) in [5.74, 6) is 0.728. The van der Waals surface area contributed by atoms with Crippen molar-refractivity contribution in [2.75, 3.05) is 25.7 Å². The molecule has 0 fully saturated rings. The van der Waals surface area contributed by atoms with Gasteiger partial charge in [0.15, 0.2) is 0 Å². The van der Waals surface area contributed by atoms with E-state index in [0.717, 1.165) is 5.75 Å². The molecule has 0 bridgehead atoms. The first kappa shape index (κ1) is 10.6. The van der Waals surface area contributed by atoms with E-state index in [1.165, 1.54) is 7.11 Å². The Bertz CT molecular complexity index is 89.3. The fraction of sp³-hybridized carbons (Fsp3) is 1.00. The standard InChI is InChI=1S/C4H12O4PS/c1-7-9(5,6)8-3-4-10-2/h5-6H,3-4H2,1-2H3/q+1. The van der Waals surface area contributed by atoms with Crippen LogP contribution in [0.3, 0.4) is 0 Å². The Labute approximate surface area is 65.2 Å². The van der Waals surface area contributed by atoms with Gasteiger partial charge >= 0.3 is 8.17 Å². The summed E-state index contributed by atoms with van der Waals surface area (Å²) in [6, 6.07) is 0. The summed E-state index contributed by atoms with van der Waals surface area (Å²) in [5.41, 5.74) is 0. The largest absolute Gasteiger partial charge is 0.569 e. The molecular formula is C4H12O4PS+. The van der Waals surface area contributed by atoms with E-state index in [-0.39, 0.29) is 0 Å². The summed E-state index contributed by atoms with van der Waals surface area (Å²) in [5, 5.41) is 0. The fourth-order valence-corrected chi connectivity index (χ4v) is 1.10. The van der Waals surface area contributed by atoms with Crippen molar-refractivity contribution in [3.63, 3.8) is 0 Å². The second-order valence-electron chi connectivity index (χ2n) is 1.50. The average Bonchev–Trinajstić information content (AvgIpc) is 1.89. The van der Waals surface area contributed by atoms with Crippen molar-refractivity contribution in [1.82, 2.24) is 0 Å². The molecule has 0 saturated carbocycles. The maximum atomic E-state index is 8.76. The van der Waals surface area contributed by atoms with Gasteiger partial charge in [0.1, 0.15) is 6.61 Å². The van der Waals surface area contributed by atoms with Crippen molar-refractivity contribution in [3.05, 3.63) is 0 Å². The first-order valence-electron chi connectivity index (χ1n) is 2.66. The van der Waals surface area contributed by atoms with Gasteiger partial charge in [0, 0.05) is 5.75 Å². The molecule has 0 atom stereocenters. The van der Waals surface area contributed by atoms with Crippen LogP contribution in [-0.2, 0) is 9.05 Å². The van der Waals surface area contributed by atoms with Gasteiger partial charge in [-0.2, -0.15) is 30.6 Å². The van der Waals surface area contributed by atoms with Gasteiger partial charge < -0.3 is 0 Å². The van der Waals surface area contributed by atoms with Crippen LogP contribution in [0, 0.1) is 0 Å². The molecule has 0 rings (SSSR count). The van der Waals surface area contributed by atoms with Crippen LogP contribution in [-0.4, -0.2) is 35.5 Å². The van der Waals surface area contributed by atoms with Gasteiger partial charge in [-0.1, -0.05) is 0 Å². The monoisotopic (exact) mass is 187 g/mol. The Hall–Kier alpha value is 0.620. The minimum Gasteiger partial charge on any atom is -0.168 e. The molecule has 0 amide bonds. The van der Waals surface area contributed by atoms with Gasteiger partial charge in [-0.15, -0.1) is 0 Å². The lowest BCUT2D eigenvalue weighted by atomic mass is 10.9. The first-order chi connectivity index (χ1) is 4.62. The number of thioether (sulfide) groups is 1. The van der Waals surface area contributed by atoms with Gasteiger partial charge in [0.05, 0.1) is 7.11 Å². The van der Waals surface area contributed by atoms with Crippen molar-refractivity contribution in [3.8, 4) is 0 Å². The van der Waals surface area contributed by atoms with Crippen molar-refractivity contribution < 1.29 is 18.8 Å². The molecule has 0 aliphatic carbocycles. The highest BCUT2D eigenvalue weighted by atomic mass is 32.2. The first-order valence-corrected chi connectivity index (χ1v) is 5.58. The predicted octanol–water partition coefficient (Wildman–Crippen LogP) is 0.675.